The van der Waals surface area contributed by atoms with E-state index in [0.29, 0.717) is 23.8 Å². The number of halogens is 1. The lowest BCUT2D eigenvalue weighted by Crippen LogP contribution is -2.31. The van der Waals surface area contributed by atoms with Gasteiger partial charge in [0, 0.05) is 29.4 Å². The number of carbonyl (C=O) groups excluding carboxylic acids is 1. The number of aryl methyl sites for hydroxylation is 1. The first-order valence-electron chi connectivity index (χ1n) is 9.43. The monoisotopic (exact) mass is 404 g/mol. The Morgan fingerprint density at radius 2 is 1.83 bits per heavy atom. The van der Waals surface area contributed by atoms with Gasteiger partial charge in [-0.1, -0.05) is 59.6 Å². The molecule has 0 fully saturated rings. The fourth-order valence-electron chi connectivity index (χ4n) is 3.25. The van der Waals surface area contributed by atoms with E-state index >= 15 is 0 Å². The first-order chi connectivity index (χ1) is 14.1. The number of aromatic nitrogens is 2. The Bertz CT molecular complexity index is 1150. The van der Waals surface area contributed by atoms with Crippen molar-refractivity contribution in [3.63, 3.8) is 0 Å². The summed E-state index contributed by atoms with van der Waals surface area (Å²) in [6.07, 6.45) is 0. The number of urea groups is 1. The fraction of sp³-hybridized carbons (Fsp3) is 0.130. The summed E-state index contributed by atoms with van der Waals surface area (Å²) >= 11 is 5.96. The van der Waals surface area contributed by atoms with Crippen LogP contribution < -0.4 is 10.6 Å². The molecule has 2 N–H and O–H groups in total. The normalized spacial score (nSPS) is 10.8. The van der Waals surface area contributed by atoms with Crippen LogP contribution in [-0.4, -0.2) is 22.1 Å². The average Bonchev–Trinajstić information content (AvgIpc) is 3.07. The van der Waals surface area contributed by atoms with Gasteiger partial charge >= 0.3 is 6.03 Å². The van der Waals surface area contributed by atoms with Crippen molar-refractivity contribution in [1.82, 2.24) is 14.9 Å². The number of nitrogens with one attached hydrogen (secondary N) is 2. The zero-order valence-electron chi connectivity index (χ0n) is 16.0. The zero-order valence-corrected chi connectivity index (χ0v) is 16.8. The van der Waals surface area contributed by atoms with Crippen LogP contribution in [0, 0.1) is 6.92 Å². The largest absolute Gasteiger partial charge is 0.336 e. The molecule has 29 heavy (non-hydrogen) atoms. The number of fused-ring (bicyclic) bond motifs is 1. The van der Waals surface area contributed by atoms with Gasteiger partial charge in [-0.2, -0.15) is 0 Å². The lowest BCUT2D eigenvalue weighted by Gasteiger charge is -2.12. The van der Waals surface area contributed by atoms with Crippen LogP contribution in [0.3, 0.4) is 0 Å². The molecule has 0 aliphatic rings. The molecule has 0 aliphatic carbocycles. The number of rotatable bonds is 5. The number of imidazole rings is 1. The molecule has 1 heterocycles. The Labute approximate surface area is 174 Å². The van der Waals surface area contributed by atoms with Crippen molar-refractivity contribution in [3.8, 4) is 11.4 Å². The number of benzene rings is 3. The number of hydrogen-bond donors (Lipinski definition) is 2. The maximum absolute atomic E-state index is 12.2. The summed E-state index contributed by atoms with van der Waals surface area (Å²) in [6.45, 7) is 3.13. The van der Waals surface area contributed by atoms with E-state index in [2.05, 4.69) is 46.4 Å². The van der Waals surface area contributed by atoms with E-state index in [1.54, 1.807) is 24.3 Å². The molecule has 146 valence electrons. The van der Waals surface area contributed by atoms with Crippen molar-refractivity contribution >= 4 is 34.4 Å². The van der Waals surface area contributed by atoms with Gasteiger partial charge in [0.15, 0.2) is 0 Å². The second kappa shape index (κ2) is 8.37. The highest BCUT2D eigenvalue weighted by Crippen LogP contribution is 2.25. The molecule has 0 spiro atoms. The molecule has 0 aliphatic heterocycles. The minimum absolute atomic E-state index is 0.270. The Morgan fingerprint density at radius 3 is 2.62 bits per heavy atom. The molecule has 4 aromatic rings. The lowest BCUT2D eigenvalue weighted by atomic mass is 10.1. The van der Waals surface area contributed by atoms with Gasteiger partial charge in [0.2, 0.25) is 0 Å². The lowest BCUT2D eigenvalue weighted by molar-refractivity contribution is 0.251. The van der Waals surface area contributed by atoms with E-state index in [-0.39, 0.29) is 6.03 Å². The molecule has 1 aromatic heterocycles. The zero-order chi connectivity index (χ0) is 20.2. The summed E-state index contributed by atoms with van der Waals surface area (Å²) in [5.74, 6) is 0.892. The highest BCUT2D eigenvalue weighted by molar-refractivity contribution is 6.30. The van der Waals surface area contributed by atoms with E-state index in [1.807, 2.05) is 24.3 Å². The van der Waals surface area contributed by atoms with Crippen LogP contribution in [0.1, 0.15) is 5.56 Å². The number of nitrogens with zero attached hydrogens (tertiary/aromatic N) is 2. The average molecular weight is 405 g/mol. The van der Waals surface area contributed by atoms with Crippen molar-refractivity contribution in [2.24, 2.45) is 0 Å². The van der Waals surface area contributed by atoms with Crippen LogP contribution in [-0.2, 0) is 6.54 Å². The third-order valence-corrected chi connectivity index (χ3v) is 4.90. The predicted molar refractivity (Wildman–Crippen MR) is 118 cm³/mol. The van der Waals surface area contributed by atoms with Crippen molar-refractivity contribution in [3.05, 3.63) is 83.4 Å². The third kappa shape index (κ3) is 4.41. The molecule has 0 saturated heterocycles. The Morgan fingerprint density at radius 1 is 1.03 bits per heavy atom. The molecular weight excluding hydrogens is 384 g/mol. The first-order valence-corrected chi connectivity index (χ1v) is 9.81. The van der Waals surface area contributed by atoms with Crippen LogP contribution >= 0.6 is 11.6 Å². The van der Waals surface area contributed by atoms with Crippen LogP contribution in [0.4, 0.5) is 10.5 Å². The number of para-hydroxylation sites is 2. The van der Waals surface area contributed by atoms with E-state index < -0.39 is 0 Å². The van der Waals surface area contributed by atoms with Gasteiger partial charge in [0.25, 0.3) is 0 Å². The molecule has 0 unspecified atom stereocenters. The molecular formula is C23H21ClN4O. The van der Waals surface area contributed by atoms with Crippen molar-refractivity contribution in [2.75, 3.05) is 11.9 Å². The maximum atomic E-state index is 12.2. The standard InChI is InChI=1S/C23H21ClN4O/c1-16-9-11-17(12-10-16)22-27-20-7-2-3-8-21(20)28(22)14-13-25-23(29)26-19-6-4-5-18(24)15-19/h2-12,15H,13-14H2,1H3,(H2,25,26,29). The summed E-state index contributed by atoms with van der Waals surface area (Å²) in [7, 11) is 0. The molecule has 4 rings (SSSR count). The third-order valence-electron chi connectivity index (χ3n) is 4.67. The summed E-state index contributed by atoms with van der Waals surface area (Å²) in [5, 5.41) is 6.27. The van der Waals surface area contributed by atoms with Gasteiger partial charge in [0.1, 0.15) is 5.82 Å². The minimum atomic E-state index is -0.270. The molecule has 0 saturated carbocycles. The molecule has 5 nitrogen and oxygen atoms in total. The van der Waals surface area contributed by atoms with E-state index in [4.69, 9.17) is 16.6 Å². The summed E-state index contributed by atoms with van der Waals surface area (Å²) in [6, 6.07) is 23.1. The molecule has 0 atom stereocenters. The summed E-state index contributed by atoms with van der Waals surface area (Å²) in [5.41, 5.74) is 4.89. The Kier molecular flexibility index (Phi) is 5.49. The Balaban J connectivity index is 1.50. The first kappa shape index (κ1) is 19.0. The minimum Gasteiger partial charge on any atom is -0.336 e. The SMILES string of the molecule is Cc1ccc(-c2nc3ccccc3n2CCNC(=O)Nc2cccc(Cl)c2)cc1. The number of anilines is 1. The smallest absolute Gasteiger partial charge is 0.319 e. The second-order valence-corrected chi connectivity index (χ2v) is 7.27. The molecule has 0 bridgehead atoms. The highest BCUT2D eigenvalue weighted by Gasteiger charge is 2.12. The number of carbonyl (C=O) groups is 1. The van der Waals surface area contributed by atoms with Gasteiger partial charge in [0.05, 0.1) is 11.0 Å². The van der Waals surface area contributed by atoms with Crippen LogP contribution in [0.25, 0.3) is 22.4 Å². The fourth-order valence-corrected chi connectivity index (χ4v) is 3.44. The number of amides is 2. The van der Waals surface area contributed by atoms with Gasteiger partial charge in [-0.25, -0.2) is 9.78 Å². The van der Waals surface area contributed by atoms with E-state index in [9.17, 15) is 4.79 Å². The molecule has 6 heteroatoms. The van der Waals surface area contributed by atoms with Crippen LogP contribution in [0.5, 0.6) is 0 Å². The topological polar surface area (TPSA) is 59.0 Å². The van der Waals surface area contributed by atoms with Crippen LogP contribution in [0.2, 0.25) is 5.02 Å². The number of hydrogen-bond acceptors (Lipinski definition) is 2. The van der Waals surface area contributed by atoms with Gasteiger partial charge in [-0.3, -0.25) is 0 Å². The summed E-state index contributed by atoms with van der Waals surface area (Å²) in [4.78, 5) is 17.0. The van der Waals surface area contributed by atoms with Crippen molar-refractivity contribution in [2.45, 2.75) is 13.5 Å². The van der Waals surface area contributed by atoms with Gasteiger partial charge < -0.3 is 15.2 Å². The highest BCUT2D eigenvalue weighted by atomic mass is 35.5. The van der Waals surface area contributed by atoms with E-state index in [1.165, 1.54) is 5.56 Å². The quantitative estimate of drug-likeness (QED) is 0.462. The molecule has 0 radical (unpaired) electrons. The van der Waals surface area contributed by atoms with Gasteiger partial charge in [-0.05, 0) is 37.3 Å². The van der Waals surface area contributed by atoms with E-state index in [0.717, 1.165) is 22.4 Å². The maximum Gasteiger partial charge on any atom is 0.319 e. The van der Waals surface area contributed by atoms with Crippen LogP contribution in [0.15, 0.2) is 72.8 Å². The van der Waals surface area contributed by atoms with Crippen molar-refractivity contribution in [1.29, 1.82) is 0 Å². The second-order valence-electron chi connectivity index (χ2n) is 6.83. The predicted octanol–water partition coefficient (Wildman–Crippen LogP) is 5.49. The summed E-state index contributed by atoms with van der Waals surface area (Å²) < 4.78 is 2.14. The Hall–Kier alpha value is -3.31. The molecule has 2 amide bonds. The molecule has 3 aromatic carbocycles. The van der Waals surface area contributed by atoms with Crippen molar-refractivity contribution < 1.29 is 4.79 Å². The van der Waals surface area contributed by atoms with Gasteiger partial charge in [-0.15, -0.1) is 0 Å².